The summed E-state index contributed by atoms with van der Waals surface area (Å²) in [5.41, 5.74) is 6.18. The highest BCUT2D eigenvalue weighted by Crippen LogP contribution is 2.38. The zero-order valence-corrected chi connectivity index (χ0v) is 21.9. The number of carbonyl (C=O) groups excluding carboxylic acids is 1. The van der Waals surface area contributed by atoms with Crippen molar-refractivity contribution < 1.29 is 9.53 Å². The molecule has 0 spiro atoms. The maximum Gasteiger partial charge on any atom is 0.232 e. The molecule has 2 atom stereocenters. The van der Waals surface area contributed by atoms with Crippen LogP contribution in [0.1, 0.15) is 30.0 Å². The van der Waals surface area contributed by atoms with Crippen LogP contribution in [0.5, 0.6) is 0 Å². The van der Waals surface area contributed by atoms with E-state index in [-0.39, 0.29) is 17.9 Å². The van der Waals surface area contributed by atoms with Crippen LogP contribution >= 0.6 is 0 Å². The van der Waals surface area contributed by atoms with Crippen molar-refractivity contribution in [1.29, 1.82) is 0 Å². The van der Waals surface area contributed by atoms with E-state index in [1.54, 1.807) is 7.11 Å². The maximum absolute atomic E-state index is 13.2. The Kier molecular flexibility index (Phi) is 8.01. The summed E-state index contributed by atoms with van der Waals surface area (Å²) in [6.45, 7) is 12.4. The molecule has 1 saturated heterocycles. The van der Waals surface area contributed by atoms with E-state index < -0.39 is 0 Å². The number of piperazine rings is 1. The van der Waals surface area contributed by atoms with Gasteiger partial charge in [-0.1, -0.05) is 42.5 Å². The molecule has 1 N–H and O–H groups in total. The van der Waals surface area contributed by atoms with E-state index in [0.29, 0.717) is 6.54 Å². The van der Waals surface area contributed by atoms with Gasteiger partial charge in [0.15, 0.2) is 0 Å². The Morgan fingerprint density at radius 2 is 1.74 bits per heavy atom. The Bertz CT molecular complexity index is 1040. The zero-order valence-electron chi connectivity index (χ0n) is 21.9. The normalized spacial score (nSPS) is 20.9. The first-order chi connectivity index (χ1) is 16.9. The fourth-order valence-electron chi connectivity index (χ4n) is 5.39. The van der Waals surface area contributed by atoms with Gasteiger partial charge in [0.1, 0.15) is 11.7 Å². The van der Waals surface area contributed by atoms with Crippen LogP contribution in [0, 0.1) is 19.8 Å². The average Bonchev–Trinajstić information content (AvgIpc) is 3.14. The molecule has 2 aliphatic heterocycles. The molecule has 0 aromatic heterocycles. The predicted molar refractivity (Wildman–Crippen MR) is 143 cm³/mol. The number of methoxy groups -OCH3 is 1. The number of anilines is 1. The number of aryl methyl sites for hydroxylation is 1. The maximum atomic E-state index is 13.2. The second-order valence-electron chi connectivity index (χ2n) is 9.80. The molecule has 2 aromatic rings. The van der Waals surface area contributed by atoms with Gasteiger partial charge in [-0.25, -0.2) is 0 Å². The fourth-order valence-corrected chi connectivity index (χ4v) is 5.39. The van der Waals surface area contributed by atoms with Gasteiger partial charge in [0.05, 0.1) is 12.8 Å². The van der Waals surface area contributed by atoms with Crippen LogP contribution in [0.2, 0.25) is 0 Å². The van der Waals surface area contributed by atoms with Crippen molar-refractivity contribution in [2.24, 2.45) is 5.92 Å². The number of ether oxygens (including phenoxy) is 1. The molecule has 2 aliphatic rings. The summed E-state index contributed by atoms with van der Waals surface area (Å²) in [6.07, 6.45) is 0.948. The summed E-state index contributed by atoms with van der Waals surface area (Å²) >= 11 is 0. The highest BCUT2D eigenvalue weighted by atomic mass is 16.5. The zero-order chi connectivity index (χ0) is 24.9. The number of hydrogen-bond donors (Lipinski definition) is 1. The van der Waals surface area contributed by atoms with E-state index >= 15 is 0 Å². The molecule has 2 aromatic carbocycles. The average molecular weight is 477 g/mol. The van der Waals surface area contributed by atoms with Gasteiger partial charge >= 0.3 is 0 Å². The second kappa shape index (κ2) is 11.2. The lowest BCUT2D eigenvalue weighted by atomic mass is 10.00. The predicted octanol–water partition coefficient (Wildman–Crippen LogP) is 3.90. The molecule has 2 unspecified atom stereocenters. The molecule has 0 aliphatic carbocycles. The van der Waals surface area contributed by atoms with Gasteiger partial charge in [0.2, 0.25) is 5.91 Å². The molecule has 0 radical (unpaired) electrons. The first kappa shape index (κ1) is 25.1. The number of hydrogen-bond acceptors (Lipinski definition) is 5. The van der Waals surface area contributed by atoms with Crippen LogP contribution in [-0.4, -0.2) is 75.2 Å². The molecule has 188 valence electrons. The van der Waals surface area contributed by atoms with Crippen molar-refractivity contribution in [2.45, 2.75) is 33.2 Å². The summed E-state index contributed by atoms with van der Waals surface area (Å²) < 4.78 is 5.78. The van der Waals surface area contributed by atoms with Crippen molar-refractivity contribution in [3.63, 3.8) is 0 Å². The third-order valence-corrected chi connectivity index (χ3v) is 7.75. The standard InChI is InChI=1S/C29H40N4O2/c1-21-11-9-14-25(22(21)2)33-19-17-32(18-20-33)16-10-15-30-29(34)26-23(3)31(4)27(28(26)35-5)24-12-7-6-8-13-24/h6-9,11-14,23,26H,10,15-20H2,1-5H3,(H,30,34). The second-order valence-corrected chi connectivity index (χ2v) is 9.80. The summed E-state index contributed by atoms with van der Waals surface area (Å²) in [7, 11) is 3.71. The Labute approximate surface area is 210 Å². The third-order valence-electron chi connectivity index (χ3n) is 7.75. The first-order valence-electron chi connectivity index (χ1n) is 12.8. The molecular formula is C29H40N4O2. The lowest BCUT2D eigenvalue weighted by Crippen LogP contribution is -2.47. The number of nitrogens with one attached hydrogen (secondary N) is 1. The van der Waals surface area contributed by atoms with Gasteiger partial charge in [0.25, 0.3) is 0 Å². The lowest BCUT2D eigenvalue weighted by Gasteiger charge is -2.37. The summed E-state index contributed by atoms with van der Waals surface area (Å²) in [6, 6.07) is 16.8. The highest BCUT2D eigenvalue weighted by Gasteiger charge is 2.42. The number of carbonyl (C=O) groups is 1. The van der Waals surface area contributed by atoms with Gasteiger partial charge in [-0.05, 0) is 50.9 Å². The molecule has 6 heteroatoms. The molecule has 0 bridgehead atoms. The number of amides is 1. The molecular weight excluding hydrogens is 436 g/mol. The molecule has 35 heavy (non-hydrogen) atoms. The monoisotopic (exact) mass is 476 g/mol. The van der Waals surface area contributed by atoms with E-state index in [0.717, 1.165) is 56.2 Å². The summed E-state index contributed by atoms with van der Waals surface area (Å²) in [5.74, 6) is 0.499. The van der Waals surface area contributed by atoms with Gasteiger partial charge in [-0.15, -0.1) is 0 Å². The van der Waals surface area contributed by atoms with Crippen molar-refractivity contribution in [2.75, 3.05) is 58.3 Å². The van der Waals surface area contributed by atoms with Gasteiger partial charge in [-0.2, -0.15) is 0 Å². The van der Waals surface area contributed by atoms with Crippen LogP contribution in [0.15, 0.2) is 54.3 Å². The Morgan fingerprint density at radius 1 is 1.03 bits per heavy atom. The Balaban J connectivity index is 1.27. The van der Waals surface area contributed by atoms with Crippen LogP contribution in [0.25, 0.3) is 5.70 Å². The van der Waals surface area contributed by atoms with Gasteiger partial charge in [0, 0.05) is 57.1 Å². The first-order valence-corrected chi connectivity index (χ1v) is 12.8. The molecule has 6 nitrogen and oxygen atoms in total. The van der Waals surface area contributed by atoms with Crippen LogP contribution in [-0.2, 0) is 9.53 Å². The van der Waals surface area contributed by atoms with E-state index in [1.165, 1.54) is 16.8 Å². The van der Waals surface area contributed by atoms with Gasteiger partial charge in [-0.3, -0.25) is 9.69 Å². The Morgan fingerprint density at radius 3 is 2.43 bits per heavy atom. The third kappa shape index (κ3) is 5.32. The SMILES string of the molecule is COC1=C(c2ccccc2)N(C)C(C)C1C(=O)NCCCN1CCN(c2cccc(C)c2C)CC1. The molecule has 2 heterocycles. The van der Waals surface area contributed by atoms with E-state index in [9.17, 15) is 4.79 Å². The topological polar surface area (TPSA) is 48.1 Å². The van der Waals surface area contributed by atoms with Crippen molar-refractivity contribution in [1.82, 2.24) is 15.1 Å². The summed E-state index contributed by atoms with van der Waals surface area (Å²) in [4.78, 5) is 20.4. The smallest absolute Gasteiger partial charge is 0.232 e. The largest absolute Gasteiger partial charge is 0.498 e. The van der Waals surface area contributed by atoms with E-state index in [1.807, 2.05) is 25.2 Å². The Hall–Kier alpha value is -2.99. The van der Waals surface area contributed by atoms with Crippen LogP contribution < -0.4 is 10.2 Å². The highest BCUT2D eigenvalue weighted by molar-refractivity contribution is 5.87. The number of benzene rings is 2. The molecule has 0 saturated carbocycles. The minimum absolute atomic E-state index is 0.0401. The van der Waals surface area contributed by atoms with Crippen molar-refractivity contribution in [3.8, 4) is 0 Å². The number of rotatable bonds is 8. The van der Waals surface area contributed by atoms with Crippen LogP contribution in [0.3, 0.4) is 0 Å². The lowest BCUT2D eigenvalue weighted by molar-refractivity contribution is -0.125. The van der Waals surface area contributed by atoms with Crippen LogP contribution in [0.4, 0.5) is 5.69 Å². The quantitative estimate of drug-likeness (QED) is 0.586. The summed E-state index contributed by atoms with van der Waals surface area (Å²) in [5, 5.41) is 3.18. The van der Waals surface area contributed by atoms with E-state index in [4.69, 9.17) is 4.74 Å². The fraction of sp³-hybridized carbons (Fsp3) is 0.483. The minimum Gasteiger partial charge on any atom is -0.498 e. The van der Waals surface area contributed by atoms with Crippen molar-refractivity contribution in [3.05, 3.63) is 71.0 Å². The molecule has 4 rings (SSSR count). The van der Waals surface area contributed by atoms with Gasteiger partial charge < -0.3 is 19.9 Å². The number of nitrogens with zero attached hydrogens (tertiary/aromatic N) is 3. The minimum atomic E-state index is -0.304. The molecule has 1 amide bonds. The molecule has 1 fully saturated rings. The van der Waals surface area contributed by atoms with Crippen molar-refractivity contribution >= 4 is 17.3 Å². The van der Waals surface area contributed by atoms with E-state index in [2.05, 4.69) is 71.1 Å².